The number of nitrogens with two attached hydrogens (primary N) is 1. The summed E-state index contributed by atoms with van der Waals surface area (Å²) in [5.74, 6) is -0.930. The minimum atomic E-state index is -4.49. The van der Waals surface area contributed by atoms with Crippen LogP contribution in [0.4, 0.5) is 13.2 Å². The highest BCUT2D eigenvalue weighted by Gasteiger charge is 2.34. The number of hydrogen-bond donors (Lipinski definition) is 1. The lowest BCUT2D eigenvalue weighted by Gasteiger charge is -2.14. The van der Waals surface area contributed by atoms with Crippen LogP contribution in [0.1, 0.15) is 11.1 Å². The van der Waals surface area contributed by atoms with Gasteiger partial charge in [-0.3, -0.25) is 4.79 Å². The summed E-state index contributed by atoms with van der Waals surface area (Å²) in [5.41, 5.74) is 5.13. The zero-order valence-corrected chi connectivity index (χ0v) is 11.7. The number of hydrogen-bond acceptors (Lipinski definition) is 4. The molecular formula is C12H15ClF3NO3. The third kappa shape index (κ3) is 4.57. The largest absolute Gasteiger partial charge is 0.496 e. The Morgan fingerprint density at radius 3 is 2.40 bits per heavy atom. The quantitative estimate of drug-likeness (QED) is 0.866. The van der Waals surface area contributed by atoms with Crippen molar-refractivity contribution < 1.29 is 27.4 Å². The highest BCUT2D eigenvalue weighted by Crippen LogP contribution is 2.36. The molecule has 4 nitrogen and oxygen atoms in total. The number of carbonyl (C=O) groups excluding carboxylic acids is 1. The van der Waals surface area contributed by atoms with Gasteiger partial charge in [0.15, 0.2) is 0 Å². The van der Waals surface area contributed by atoms with E-state index in [0.717, 1.165) is 13.2 Å². The molecule has 8 heteroatoms. The average molecular weight is 314 g/mol. The molecule has 20 heavy (non-hydrogen) atoms. The summed E-state index contributed by atoms with van der Waals surface area (Å²) in [4.78, 5) is 11.1. The molecule has 0 aliphatic rings. The molecule has 0 fully saturated rings. The van der Waals surface area contributed by atoms with Crippen LogP contribution in [0.3, 0.4) is 0 Å². The van der Waals surface area contributed by atoms with Gasteiger partial charge < -0.3 is 15.2 Å². The maximum atomic E-state index is 12.6. The van der Waals surface area contributed by atoms with E-state index in [-0.39, 0.29) is 24.6 Å². The van der Waals surface area contributed by atoms with Crippen molar-refractivity contribution >= 4 is 18.4 Å². The highest BCUT2D eigenvalue weighted by atomic mass is 35.5. The number of halogens is 4. The molecule has 0 amide bonds. The molecule has 1 aromatic carbocycles. The van der Waals surface area contributed by atoms with Crippen molar-refractivity contribution in [2.75, 3.05) is 14.2 Å². The molecule has 0 spiro atoms. The maximum Gasteiger partial charge on any atom is 0.419 e. The lowest BCUT2D eigenvalue weighted by atomic mass is 10.0. The molecule has 0 saturated heterocycles. The van der Waals surface area contributed by atoms with Gasteiger partial charge in [0.05, 0.1) is 19.8 Å². The van der Waals surface area contributed by atoms with E-state index in [2.05, 4.69) is 4.74 Å². The molecule has 1 atom stereocenters. The molecule has 0 heterocycles. The predicted octanol–water partition coefficient (Wildman–Crippen LogP) is 2.18. The van der Waals surface area contributed by atoms with Crippen molar-refractivity contribution in [1.29, 1.82) is 0 Å². The van der Waals surface area contributed by atoms with Crippen molar-refractivity contribution in [2.24, 2.45) is 5.73 Å². The van der Waals surface area contributed by atoms with E-state index in [9.17, 15) is 18.0 Å². The number of alkyl halides is 3. The number of methoxy groups -OCH3 is 2. The minimum absolute atomic E-state index is 0. The Morgan fingerprint density at radius 2 is 1.95 bits per heavy atom. The van der Waals surface area contributed by atoms with Gasteiger partial charge in [0.2, 0.25) is 0 Å². The Kier molecular flexibility index (Phi) is 6.81. The Morgan fingerprint density at radius 1 is 1.35 bits per heavy atom. The second-order valence-corrected chi connectivity index (χ2v) is 3.87. The molecular weight excluding hydrogens is 299 g/mol. The fourth-order valence-electron chi connectivity index (χ4n) is 1.59. The maximum absolute atomic E-state index is 12.6. The first-order valence-corrected chi connectivity index (χ1v) is 5.37. The summed E-state index contributed by atoms with van der Waals surface area (Å²) in [6, 6.07) is 2.45. The van der Waals surface area contributed by atoms with Crippen LogP contribution in [0, 0.1) is 0 Å². The van der Waals surface area contributed by atoms with Gasteiger partial charge >= 0.3 is 12.1 Å². The van der Waals surface area contributed by atoms with E-state index in [0.29, 0.717) is 5.56 Å². The van der Waals surface area contributed by atoms with Crippen LogP contribution < -0.4 is 10.5 Å². The van der Waals surface area contributed by atoms with Gasteiger partial charge in [-0.05, 0) is 24.1 Å². The van der Waals surface area contributed by atoms with Crippen molar-refractivity contribution in [3.8, 4) is 5.75 Å². The Hall–Kier alpha value is -1.47. The number of rotatable bonds is 4. The summed E-state index contributed by atoms with van der Waals surface area (Å²) in [7, 11) is 2.34. The topological polar surface area (TPSA) is 61.5 Å². The normalized spacial score (nSPS) is 12.3. The Bertz CT molecular complexity index is 466. The second-order valence-electron chi connectivity index (χ2n) is 3.87. The van der Waals surface area contributed by atoms with Gasteiger partial charge in [0, 0.05) is 0 Å². The summed E-state index contributed by atoms with van der Waals surface area (Å²) in [6.45, 7) is 0. The molecule has 2 N–H and O–H groups in total. The van der Waals surface area contributed by atoms with E-state index in [1.807, 2.05) is 0 Å². The zero-order valence-electron chi connectivity index (χ0n) is 10.9. The molecule has 0 unspecified atom stereocenters. The molecule has 0 aliphatic carbocycles. The van der Waals surface area contributed by atoms with Gasteiger partial charge in [-0.2, -0.15) is 13.2 Å². The molecule has 0 radical (unpaired) electrons. The zero-order chi connectivity index (χ0) is 14.6. The monoisotopic (exact) mass is 313 g/mol. The highest BCUT2D eigenvalue weighted by molar-refractivity contribution is 5.85. The van der Waals surface area contributed by atoms with E-state index in [1.165, 1.54) is 19.2 Å². The molecule has 0 saturated carbocycles. The third-order valence-corrected chi connectivity index (χ3v) is 2.53. The number of ether oxygens (including phenoxy) is 2. The first-order chi connectivity index (χ1) is 8.79. The summed E-state index contributed by atoms with van der Waals surface area (Å²) < 4.78 is 47.0. The van der Waals surface area contributed by atoms with Crippen LogP contribution in [-0.2, 0) is 22.1 Å². The fraction of sp³-hybridized carbons (Fsp3) is 0.417. The minimum Gasteiger partial charge on any atom is -0.496 e. The molecule has 1 aromatic rings. The standard InChI is InChI=1S/C12H14F3NO3.ClH/c1-18-10-6-7(5-9(16)11(17)19-2)3-4-8(10)12(13,14)15;/h3-4,6,9H,5,16H2,1-2H3;1H/t9-;/m1./s1. The van der Waals surface area contributed by atoms with Crippen molar-refractivity contribution in [2.45, 2.75) is 18.6 Å². The number of esters is 1. The van der Waals surface area contributed by atoms with Crippen molar-refractivity contribution in [1.82, 2.24) is 0 Å². The van der Waals surface area contributed by atoms with Crippen LogP contribution in [0.5, 0.6) is 5.75 Å². The predicted molar refractivity (Wildman–Crippen MR) is 68.9 cm³/mol. The van der Waals surface area contributed by atoms with Crippen LogP contribution in [-0.4, -0.2) is 26.2 Å². The van der Waals surface area contributed by atoms with Gasteiger partial charge in [-0.1, -0.05) is 6.07 Å². The fourth-order valence-corrected chi connectivity index (χ4v) is 1.59. The van der Waals surface area contributed by atoms with Gasteiger partial charge in [0.1, 0.15) is 11.8 Å². The van der Waals surface area contributed by atoms with Crippen LogP contribution in [0.2, 0.25) is 0 Å². The van der Waals surface area contributed by atoms with Crippen LogP contribution in [0.15, 0.2) is 18.2 Å². The second kappa shape index (κ2) is 7.35. The van der Waals surface area contributed by atoms with Crippen molar-refractivity contribution in [3.63, 3.8) is 0 Å². The smallest absolute Gasteiger partial charge is 0.419 e. The Balaban J connectivity index is 0.00000361. The molecule has 1 rings (SSSR count). The van der Waals surface area contributed by atoms with E-state index in [4.69, 9.17) is 10.5 Å². The molecule has 0 aliphatic heterocycles. The first kappa shape index (κ1) is 18.5. The van der Waals surface area contributed by atoms with Gasteiger partial charge in [-0.25, -0.2) is 0 Å². The Labute approximate surface area is 120 Å². The van der Waals surface area contributed by atoms with E-state index in [1.54, 1.807) is 0 Å². The molecule has 0 bridgehead atoms. The lowest BCUT2D eigenvalue weighted by molar-refractivity contribution is -0.142. The van der Waals surface area contributed by atoms with E-state index >= 15 is 0 Å². The van der Waals surface area contributed by atoms with Crippen molar-refractivity contribution in [3.05, 3.63) is 29.3 Å². The molecule has 114 valence electrons. The summed E-state index contributed by atoms with van der Waals surface area (Å²) in [6.07, 6.45) is -4.42. The lowest BCUT2D eigenvalue weighted by Crippen LogP contribution is -2.33. The third-order valence-electron chi connectivity index (χ3n) is 2.53. The molecule has 0 aromatic heterocycles. The van der Waals surface area contributed by atoms with Crippen LogP contribution in [0.25, 0.3) is 0 Å². The van der Waals surface area contributed by atoms with Crippen LogP contribution >= 0.6 is 12.4 Å². The average Bonchev–Trinajstić information content (AvgIpc) is 2.36. The number of carbonyl (C=O) groups is 1. The number of benzene rings is 1. The first-order valence-electron chi connectivity index (χ1n) is 5.37. The van der Waals surface area contributed by atoms with Gasteiger partial charge in [0.25, 0.3) is 0 Å². The summed E-state index contributed by atoms with van der Waals surface area (Å²) in [5, 5.41) is 0. The summed E-state index contributed by atoms with van der Waals surface area (Å²) >= 11 is 0. The SMILES string of the molecule is COC(=O)[C@H](N)Cc1ccc(C(F)(F)F)c(OC)c1.Cl. The van der Waals surface area contributed by atoms with Gasteiger partial charge in [-0.15, -0.1) is 12.4 Å². The van der Waals surface area contributed by atoms with E-state index < -0.39 is 23.8 Å².